The Morgan fingerprint density at radius 3 is 2.44 bits per heavy atom. The summed E-state index contributed by atoms with van der Waals surface area (Å²) < 4.78 is 33.6. The summed E-state index contributed by atoms with van der Waals surface area (Å²) in [5, 5.41) is 21.0. The van der Waals surface area contributed by atoms with Crippen LogP contribution in [0.2, 0.25) is 0 Å². The Hall–Kier alpha value is -3.43. The number of rotatable bonds is 5. The van der Waals surface area contributed by atoms with Crippen LogP contribution >= 0.6 is 0 Å². The maximum absolute atomic E-state index is 14.9. The van der Waals surface area contributed by atoms with Gasteiger partial charge in [-0.25, -0.2) is 13.8 Å². The first kappa shape index (κ1) is 23.0. The molecule has 2 unspecified atom stereocenters. The Morgan fingerprint density at radius 1 is 1.03 bits per heavy atom. The normalized spacial score (nSPS) is 23.9. The number of nitrogens with zero attached hydrogens (tertiary/aromatic N) is 5. The first-order chi connectivity index (χ1) is 17.2. The molecule has 186 valence electrons. The van der Waals surface area contributed by atoms with Crippen LogP contribution in [0.15, 0.2) is 66.1 Å². The predicted molar refractivity (Wildman–Crippen MR) is 133 cm³/mol. The summed E-state index contributed by atoms with van der Waals surface area (Å²) in [6.45, 7) is 6.50. The zero-order valence-corrected chi connectivity index (χ0v) is 20.2. The van der Waals surface area contributed by atoms with E-state index in [1.54, 1.807) is 20.0 Å². The van der Waals surface area contributed by atoms with Gasteiger partial charge < -0.3 is 19.6 Å². The van der Waals surface area contributed by atoms with Crippen molar-refractivity contribution in [1.29, 1.82) is 0 Å². The molecule has 0 spiro atoms. The Bertz CT molecular complexity index is 1380. The summed E-state index contributed by atoms with van der Waals surface area (Å²) in [5.41, 5.74) is 0.851. The molecule has 2 fully saturated rings. The van der Waals surface area contributed by atoms with Gasteiger partial charge in [-0.15, -0.1) is 5.10 Å². The largest absolute Gasteiger partial charge is 0.386 e. The fraction of sp³-hybridized carbons (Fsp3) is 0.370. The van der Waals surface area contributed by atoms with Crippen molar-refractivity contribution >= 4 is 22.4 Å². The number of piperazine rings is 1. The standard InChI is InChI=1S/C27H27F2N5O2/c1-26(2,35)18-8-10-23(30-16-18)33-11-13-34(14-12-33)25-20-6-4-3-5-19(20)22(31-32-25)15-17-7-9-21(28)24-27(17,29)36-24/h3-10,16,24,35H,11-15H2,1-2H3. The van der Waals surface area contributed by atoms with Crippen molar-refractivity contribution < 1.29 is 18.6 Å². The number of benzene rings is 1. The molecule has 6 rings (SSSR count). The topological polar surface area (TPSA) is 77.9 Å². The lowest BCUT2D eigenvalue weighted by atomic mass is 9.96. The molecule has 7 nitrogen and oxygen atoms in total. The van der Waals surface area contributed by atoms with E-state index < -0.39 is 23.4 Å². The molecule has 36 heavy (non-hydrogen) atoms. The number of aliphatic hydroxyl groups is 1. The Balaban J connectivity index is 1.21. The minimum atomic E-state index is -2.07. The van der Waals surface area contributed by atoms with Crippen molar-refractivity contribution in [2.45, 2.75) is 37.8 Å². The Kier molecular flexibility index (Phi) is 5.31. The van der Waals surface area contributed by atoms with Crippen molar-refractivity contribution in [3.63, 3.8) is 0 Å². The van der Waals surface area contributed by atoms with Gasteiger partial charge in [-0.2, -0.15) is 5.10 Å². The molecule has 2 aliphatic heterocycles. The third-order valence-corrected chi connectivity index (χ3v) is 7.16. The van der Waals surface area contributed by atoms with Gasteiger partial charge in [-0.3, -0.25) is 0 Å². The van der Waals surface area contributed by atoms with Crippen molar-refractivity contribution in [3.05, 3.63) is 77.4 Å². The van der Waals surface area contributed by atoms with Crippen molar-refractivity contribution in [3.8, 4) is 0 Å². The summed E-state index contributed by atoms with van der Waals surface area (Å²) in [6, 6.07) is 11.7. The molecule has 3 aliphatic rings. The minimum absolute atomic E-state index is 0.199. The van der Waals surface area contributed by atoms with E-state index in [0.29, 0.717) is 11.3 Å². The molecule has 1 N–H and O–H groups in total. The lowest BCUT2D eigenvalue weighted by molar-refractivity contribution is 0.0782. The zero-order chi connectivity index (χ0) is 25.1. The highest BCUT2D eigenvalue weighted by Crippen LogP contribution is 2.52. The number of hydrogen-bond acceptors (Lipinski definition) is 7. The fourth-order valence-corrected chi connectivity index (χ4v) is 4.95. The van der Waals surface area contributed by atoms with Crippen molar-refractivity contribution in [1.82, 2.24) is 15.2 Å². The van der Waals surface area contributed by atoms with Crippen LogP contribution in [0.3, 0.4) is 0 Å². The van der Waals surface area contributed by atoms with E-state index in [2.05, 4.69) is 25.0 Å². The molecule has 9 heteroatoms. The van der Waals surface area contributed by atoms with Gasteiger partial charge in [0.05, 0.1) is 11.3 Å². The van der Waals surface area contributed by atoms with E-state index in [-0.39, 0.29) is 6.42 Å². The molecular weight excluding hydrogens is 464 g/mol. The SMILES string of the molecule is CC(C)(O)c1ccc(N2CCN(c3nnc(CC4=CC=C(F)C5OC45F)c4ccccc34)CC2)nc1. The second-order valence-electron chi connectivity index (χ2n) is 10.0. The highest BCUT2D eigenvalue weighted by atomic mass is 19.2. The van der Waals surface area contributed by atoms with E-state index in [4.69, 9.17) is 4.74 Å². The summed E-state index contributed by atoms with van der Waals surface area (Å²) in [6.07, 6.45) is 3.51. The average Bonchev–Trinajstić information content (AvgIpc) is 3.60. The van der Waals surface area contributed by atoms with Crippen LogP contribution in [0.25, 0.3) is 10.8 Å². The maximum Gasteiger partial charge on any atom is 0.266 e. The van der Waals surface area contributed by atoms with Gasteiger partial charge in [-0.1, -0.05) is 36.4 Å². The fourth-order valence-electron chi connectivity index (χ4n) is 4.95. The molecule has 0 bridgehead atoms. The number of aromatic nitrogens is 3. The number of epoxide rings is 1. The van der Waals surface area contributed by atoms with Gasteiger partial charge in [0.1, 0.15) is 11.6 Å². The Labute approximate surface area is 207 Å². The van der Waals surface area contributed by atoms with Crippen molar-refractivity contribution in [2.75, 3.05) is 36.0 Å². The molecule has 4 heterocycles. The van der Waals surface area contributed by atoms with Crippen LogP contribution in [-0.2, 0) is 16.8 Å². The van der Waals surface area contributed by atoms with E-state index >= 15 is 0 Å². The number of allylic oxidation sites excluding steroid dienone is 2. The van der Waals surface area contributed by atoms with Crippen LogP contribution < -0.4 is 9.80 Å². The lowest BCUT2D eigenvalue weighted by Crippen LogP contribution is -2.47. The van der Waals surface area contributed by atoms with E-state index in [9.17, 15) is 13.9 Å². The molecule has 2 atom stereocenters. The second kappa shape index (κ2) is 8.31. The number of pyridine rings is 1. The summed E-state index contributed by atoms with van der Waals surface area (Å²) in [7, 11) is 0. The van der Waals surface area contributed by atoms with E-state index in [1.807, 2.05) is 36.4 Å². The number of hydrogen-bond donors (Lipinski definition) is 1. The first-order valence-corrected chi connectivity index (χ1v) is 12.1. The van der Waals surface area contributed by atoms with E-state index in [1.165, 1.54) is 12.2 Å². The van der Waals surface area contributed by atoms with Crippen LogP contribution in [0.5, 0.6) is 0 Å². The van der Waals surface area contributed by atoms with Crippen molar-refractivity contribution in [2.24, 2.45) is 0 Å². The molecule has 2 aromatic heterocycles. The van der Waals surface area contributed by atoms with Crippen LogP contribution in [0.1, 0.15) is 25.1 Å². The maximum atomic E-state index is 14.9. The molecule has 0 saturated carbocycles. The third kappa shape index (κ3) is 3.92. The Morgan fingerprint density at radius 2 is 1.75 bits per heavy atom. The smallest absolute Gasteiger partial charge is 0.266 e. The highest BCUT2D eigenvalue weighted by molar-refractivity contribution is 5.93. The summed E-state index contributed by atoms with van der Waals surface area (Å²) in [4.78, 5) is 8.96. The van der Waals surface area contributed by atoms with Gasteiger partial charge in [-0.05, 0) is 26.0 Å². The number of fused-ring (bicyclic) bond motifs is 2. The lowest BCUT2D eigenvalue weighted by Gasteiger charge is -2.36. The summed E-state index contributed by atoms with van der Waals surface area (Å²) in [5.74, 6) is -0.995. The molecule has 0 radical (unpaired) electrons. The molecule has 1 aliphatic carbocycles. The molecular formula is C27H27F2N5O2. The molecule has 3 aromatic rings. The van der Waals surface area contributed by atoms with Crippen LogP contribution in [0, 0.1) is 0 Å². The van der Waals surface area contributed by atoms with Gasteiger partial charge >= 0.3 is 0 Å². The molecule has 0 amide bonds. The quantitative estimate of drug-likeness (QED) is 0.541. The monoisotopic (exact) mass is 491 g/mol. The third-order valence-electron chi connectivity index (χ3n) is 7.16. The van der Waals surface area contributed by atoms with Gasteiger partial charge in [0.2, 0.25) is 0 Å². The highest BCUT2D eigenvalue weighted by Gasteiger charge is 2.64. The second-order valence-corrected chi connectivity index (χ2v) is 10.0. The van der Waals surface area contributed by atoms with Crippen LogP contribution in [0.4, 0.5) is 20.4 Å². The number of ether oxygens (including phenoxy) is 1. The average molecular weight is 492 g/mol. The number of anilines is 2. The molecule has 2 saturated heterocycles. The minimum Gasteiger partial charge on any atom is -0.386 e. The van der Waals surface area contributed by atoms with Gasteiger partial charge in [0, 0.05) is 60.7 Å². The molecule has 1 aromatic carbocycles. The number of alkyl halides is 1. The predicted octanol–water partition coefficient (Wildman–Crippen LogP) is 3.98. The van der Waals surface area contributed by atoms with Crippen LogP contribution in [-0.4, -0.2) is 58.4 Å². The first-order valence-electron chi connectivity index (χ1n) is 12.1. The zero-order valence-electron chi connectivity index (χ0n) is 20.2. The summed E-state index contributed by atoms with van der Waals surface area (Å²) >= 11 is 0. The number of halogens is 2. The van der Waals surface area contributed by atoms with Gasteiger partial charge in [0.15, 0.2) is 11.9 Å². The van der Waals surface area contributed by atoms with Gasteiger partial charge in [0.25, 0.3) is 5.85 Å². The van der Waals surface area contributed by atoms with E-state index in [0.717, 1.165) is 54.2 Å².